The molecule has 0 spiro atoms. The summed E-state index contributed by atoms with van der Waals surface area (Å²) >= 11 is 1.78. The lowest BCUT2D eigenvalue weighted by atomic mass is 10.2. The van der Waals surface area contributed by atoms with Crippen LogP contribution in [-0.2, 0) is 6.54 Å². The third-order valence-electron chi connectivity index (χ3n) is 3.26. The molecule has 20 heavy (non-hydrogen) atoms. The summed E-state index contributed by atoms with van der Waals surface area (Å²) in [5.41, 5.74) is 2.25. The van der Waals surface area contributed by atoms with Crippen LogP contribution >= 0.6 is 11.3 Å². The Morgan fingerprint density at radius 2 is 2.15 bits per heavy atom. The molecular weight excluding hydrogens is 268 g/mol. The van der Waals surface area contributed by atoms with Crippen LogP contribution in [0, 0.1) is 6.92 Å². The predicted octanol–water partition coefficient (Wildman–Crippen LogP) is 3.79. The molecule has 0 aliphatic carbocycles. The number of hydrogen-bond acceptors (Lipinski definition) is 4. The Morgan fingerprint density at radius 3 is 2.85 bits per heavy atom. The lowest BCUT2D eigenvalue weighted by Crippen LogP contribution is -2.18. The maximum absolute atomic E-state index is 4.71. The van der Waals surface area contributed by atoms with E-state index in [1.54, 1.807) is 11.3 Å². The van der Waals surface area contributed by atoms with Gasteiger partial charge in [0.1, 0.15) is 5.01 Å². The van der Waals surface area contributed by atoms with E-state index in [2.05, 4.69) is 44.3 Å². The van der Waals surface area contributed by atoms with Crippen molar-refractivity contribution in [3.8, 4) is 10.6 Å². The van der Waals surface area contributed by atoms with Crippen LogP contribution in [0.1, 0.15) is 50.2 Å². The minimum absolute atomic E-state index is 0.367. The zero-order valence-corrected chi connectivity index (χ0v) is 13.6. The van der Waals surface area contributed by atoms with Crippen molar-refractivity contribution in [2.75, 3.05) is 6.54 Å². The molecule has 0 bridgehead atoms. The summed E-state index contributed by atoms with van der Waals surface area (Å²) in [7, 11) is 0. The van der Waals surface area contributed by atoms with E-state index in [9.17, 15) is 0 Å². The Kier molecular flexibility index (Phi) is 5.31. The number of aromatic nitrogens is 3. The van der Waals surface area contributed by atoms with Crippen LogP contribution in [0.4, 0.5) is 0 Å². The first-order chi connectivity index (χ1) is 9.65. The van der Waals surface area contributed by atoms with Crippen molar-refractivity contribution in [3.05, 3.63) is 23.0 Å². The van der Waals surface area contributed by atoms with Gasteiger partial charge < -0.3 is 5.32 Å². The summed E-state index contributed by atoms with van der Waals surface area (Å²) in [6, 6.07) is 0.367. The molecule has 2 aromatic heterocycles. The van der Waals surface area contributed by atoms with E-state index in [-0.39, 0.29) is 0 Å². The van der Waals surface area contributed by atoms with Crippen LogP contribution < -0.4 is 5.32 Å². The number of thiazole rings is 1. The number of aryl methyl sites for hydroxylation is 2. The van der Waals surface area contributed by atoms with Gasteiger partial charge in [-0.15, -0.1) is 11.3 Å². The van der Waals surface area contributed by atoms with Crippen molar-refractivity contribution in [3.63, 3.8) is 0 Å². The van der Waals surface area contributed by atoms with Crippen LogP contribution in [0.2, 0.25) is 0 Å². The summed E-state index contributed by atoms with van der Waals surface area (Å²) in [5.74, 6) is 0. The van der Waals surface area contributed by atoms with Crippen molar-refractivity contribution in [1.29, 1.82) is 0 Å². The topological polar surface area (TPSA) is 42.7 Å². The number of rotatable bonds is 7. The van der Waals surface area contributed by atoms with Crippen LogP contribution in [0.3, 0.4) is 0 Å². The maximum Gasteiger partial charge on any atom is 0.127 e. The molecule has 1 N–H and O–H groups in total. The van der Waals surface area contributed by atoms with Crippen molar-refractivity contribution in [1.82, 2.24) is 20.1 Å². The molecule has 0 radical (unpaired) electrons. The first-order valence-corrected chi connectivity index (χ1v) is 8.20. The van der Waals surface area contributed by atoms with Crippen LogP contribution in [-0.4, -0.2) is 21.3 Å². The smallest absolute Gasteiger partial charge is 0.127 e. The minimum Gasteiger partial charge on any atom is -0.309 e. The molecule has 2 rings (SSSR count). The Morgan fingerprint density at radius 1 is 1.35 bits per heavy atom. The van der Waals surface area contributed by atoms with E-state index in [0.29, 0.717) is 6.04 Å². The van der Waals surface area contributed by atoms with E-state index < -0.39 is 0 Å². The summed E-state index contributed by atoms with van der Waals surface area (Å²) in [5, 5.41) is 8.99. The van der Waals surface area contributed by atoms with Gasteiger partial charge in [0.05, 0.1) is 11.9 Å². The fourth-order valence-electron chi connectivity index (χ4n) is 2.21. The third kappa shape index (κ3) is 3.46. The number of nitrogens with zero attached hydrogens (tertiary/aromatic N) is 3. The van der Waals surface area contributed by atoms with Crippen LogP contribution in [0.25, 0.3) is 10.6 Å². The van der Waals surface area contributed by atoms with Gasteiger partial charge in [-0.05, 0) is 33.2 Å². The normalized spacial score (nSPS) is 12.8. The second-order valence-electron chi connectivity index (χ2n) is 5.14. The number of nitrogens with one attached hydrogen (secondary N) is 1. The second kappa shape index (κ2) is 6.99. The molecule has 0 aromatic carbocycles. The molecule has 5 heteroatoms. The molecule has 0 saturated heterocycles. The largest absolute Gasteiger partial charge is 0.309 e. The second-order valence-corrected chi connectivity index (χ2v) is 6.17. The lowest BCUT2D eigenvalue weighted by molar-refractivity contribution is 0.575. The first kappa shape index (κ1) is 15.2. The van der Waals surface area contributed by atoms with Gasteiger partial charge in [-0.1, -0.05) is 13.8 Å². The Balaban J connectivity index is 2.16. The molecular formula is C15H24N4S. The fourth-order valence-corrected chi connectivity index (χ4v) is 3.28. The average Bonchev–Trinajstić information content (AvgIpc) is 3.03. The van der Waals surface area contributed by atoms with E-state index >= 15 is 0 Å². The molecule has 1 unspecified atom stereocenters. The zero-order chi connectivity index (χ0) is 14.5. The molecule has 0 aliphatic rings. The van der Waals surface area contributed by atoms with Crippen molar-refractivity contribution in [2.45, 2.75) is 53.1 Å². The van der Waals surface area contributed by atoms with Crippen molar-refractivity contribution in [2.24, 2.45) is 0 Å². The highest BCUT2D eigenvalue weighted by atomic mass is 32.1. The maximum atomic E-state index is 4.71. The average molecular weight is 292 g/mol. The fraction of sp³-hybridized carbons (Fsp3) is 0.600. The molecule has 0 fully saturated rings. The van der Waals surface area contributed by atoms with E-state index in [1.807, 2.05) is 10.9 Å². The van der Waals surface area contributed by atoms with Gasteiger partial charge in [0.2, 0.25) is 0 Å². The standard InChI is InChI=1S/C15H24N4S/c1-5-7-16-11(3)14-12(4)18-15(20-14)13-9-17-19(10-13)8-6-2/h9-11,16H,5-8H2,1-4H3. The first-order valence-electron chi connectivity index (χ1n) is 7.39. The van der Waals surface area contributed by atoms with Gasteiger partial charge in [-0.2, -0.15) is 5.10 Å². The lowest BCUT2D eigenvalue weighted by Gasteiger charge is -2.11. The summed E-state index contributed by atoms with van der Waals surface area (Å²) in [6.45, 7) is 10.7. The summed E-state index contributed by atoms with van der Waals surface area (Å²) in [4.78, 5) is 6.04. The van der Waals surface area contributed by atoms with Crippen LogP contribution in [0.15, 0.2) is 12.4 Å². The predicted molar refractivity (Wildman–Crippen MR) is 85.1 cm³/mol. The molecule has 0 saturated carbocycles. The van der Waals surface area contributed by atoms with Gasteiger partial charge in [0.15, 0.2) is 0 Å². The number of hydrogen-bond donors (Lipinski definition) is 1. The van der Waals surface area contributed by atoms with E-state index in [0.717, 1.165) is 42.2 Å². The molecule has 4 nitrogen and oxygen atoms in total. The molecule has 0 aliphatic heterocycles. The SMILES string of the molecule is CCCNC(C)c1sc(-c2cnn(CCC)c2)nc1C. The Hall–Kier alpha value is -1.20. The van der Waals surface area contributed by atoms with Gasteiger partial charge in [0.25, 0.3) is 0 Å². The highest BCUT2D eigenvalue weighted by molar-refractivity contribution is 7.15. The molecule has 2 aromatic rings. The third-order valence-corrected chi connectivity index (χ3v) is 4.65. The molecule has 2 heterocycles. The summed E-state index contributed by atoms with van der Waals surface area (Å²) < 4.78 is 1.99. The zero-order valence-electron chi connectivity index (χ0n) is 12.8. The van der Waals surface area contributed by atoms with Gasteiger partial charge in [0, 0.05) is 29.2 Å². The van der Waals surface area contributed by atoms with Crippen molar-refractivity contribution < 1.29 is 0 Å². The van der Waals surface area contributed by atoms with Gasteiger partial charge in [-0.25, -0.2) is 4.98 Å². The Bertz CT molecular complexity index is 544. The molecule has 1 atom stereocenters. The quantitative estimate of drug-likeness (QED) is 0.844. The minimum atomic E-state index is 0.367. The molecule has 110 valence electrons. The van der Waals surface area contributed by atoms with Crippen molar-refractivity contribution >= 4 is 11.3 Å². The highest BCUT2D eigenvalue weighted by Gasteiger charge is 2.15. The monoisotopic (exact) mass is 292 g/mol. The van der Waals surface area contributed by atoms with Gasteiger partial charge in [-0.3, -0.25) is 4.68 Å². The summed E-state index contributed by atoms with van der Waals surface area (Å²) in [6.07, 6.45) is 6.26. The van der Waals surface area contributed by atoms with E-state index in [1.165, 1.54) is 4.88 Å². The van der Waals surface area contributed by atoms with Gasteiger partial charge >= 0.3 is 0 Å². The van der Waals surface area contributed by atoms with E-state index in [4.69, 9.17) is 4.98 Å². The molecule has 0 amide bonds. The Labute approximate surface area is 125 Å². The highest BCUT2D eigenvalue weighted by Crippen LogP contribution is 2.31. The van der Waals surface area contributed by atoms with Crippen LogP contribution in [0.5, 0.6) is 0 Å².